The molecule has 10 heavy (non-hydrogen) atoms. The van der Waals surface area contributed by atoms with Crippen LogP contribution in [0.3, 0.4) is 0 Å². The summed E-state index contributed by atoms with van der Waals surface area (Å²) < 4.78 is 0. The molecule has 2 aliphatic rings. The van der Waals surface area contributed by atoms with E-state index in [-0.39, 0.29) is 12.4 Å². The number of nitrogens with one attached hydrogen (secondary N) is 3. The van der Waals surface area contributed by atoms with Gasteiger partial charge in [0, 0.05) is 0 Å². The summed E-state index contributed by atoms with van der Waals surface area (Å²) in [6.07, 6.45) is 1.84. The molecule has 0 bridgehead atoms. The van der Waals surface area contributed by atoms with Crippen molar-refractivity contribution in [2.75, 3.05) is 13.3 Å². The minimum atomic E-state index is 0. The lowest BCUT2D eigenvalue weighted by Crippen LogP contribution is -2.25. The Kier molecular flexibility index (Phi) is 2.01. The first-order valence-corrected chi connectivity index (χ1v) is 2.92. The Morgan fingerprint density at radius 1 is 1.30 bits per heavy atom. The highest BCUT2D eigenvalue weighted by atomic mass is 35.5. The van der Waals surface area contributed by atoms with Gasteiger partial charge in [0.05, 0.1) is 18.6 Å². The molecule has 0 spiro atoms. The van der Waals surface area contributed by atoms with Gasteiger partial charge in [-0.3, -0.25) is 4.99 Å². The fourth-order valence-corrected chi connectivity index (χ4v) is 0.941. The highest BCUT2D eigenvalue weighted by Gasteiger charge is 2.11. The van der Waals surface area contributed by atoms with E-state index in [4.69, 9.17) is 0 Å². The quantitative estimate of drug-likeness (QED) is 0.442. The molecule has 0 saturated heterocycles. The van der Waals surface area contributed by atoms with Crippen molar-refractivity contribution in [3.8, 4) is 0 Å². The molecule has 0 aliphatic carbocycles. The van der Waals surface area contributed by atoms with Crippen molar-refractivity contribution in [1.82, 2.24) is 16.0 Å². The number of nitrogens with zero attached hydrogens (tertiary/aromatic N) is 1. The van der Waals surface area contributed by atoms with Crippen molar-refractivity contribution in [1.29, 1.82) is 0 Å². The van der Waals surface area contributed by atoms with Gasteiger partial charge in [0.1, 0.15) is 12.5 Å². The van der Waals surface area contributed by atoms with Crippen molar-refractivity contribution in [3.05, 3.63) is 11.5 Å². The summed E-state index contributed by atoms with van der Waals surface area (Å²) in [5.74, 6) is 1.07. The predicted molar refractivity (Wildman–Crippen MR) is 41.9 cm³/mol. The van der Waals surface area contributed by atoms with Gasteiger partial charge in [0.25, 0.3) is 0 Å². The maximum Gasteiger partial charge on any atom is 0.127 e. The topological polar surface area (TPSA) is 48.5 Å². The third-order valence-electron chi connectivity index (χ3n) is 1.38. The first-order valence-electron chi connectivity index (χ1n) is 2.92. The van der Waals surface area contributed by atoms with E-state index in [2.05, 4.69) is 20.9 Å². The molecule has 0 aromatic heterocycles. The molecule has 0 aromatic carbocycles. The second-order valence-corrected chi connectivity index (χ2v) is 1.97. The molecule has 56 valence electrons. The molecular weight excluding hydrogens is 152 g/mol. The average Bonchev–Trinajstić information content (AvgIpc) is 2.33. The number of aliphatic imine (C=N–C) groups is 1. The number of hydrogen-bond donors (Lipinski definition) is 3. The molecule has 0 saturated carbocycles. The van der Waals surface area contributed by atoms with E-state index in [0.29, 0.717) is 6.67 Å². The maximum atomic E-state index is 4.02. The number of allylic oxidation sites excluding steroid dienone is 1. The van der Waals surface area contributed by atoms with Gasteiger partial charge in [-0.25, -0.2) is 0 Å². The van der Waals surface area contributed by atoms with Crippen LogP contribution in [0.2, 0.25) is 0 Å². The Bertz CT molecular complexity index is 186. The highest BCUT2D eigenvalue weighted by Crippen LogP contribution is 2.00. The van der Waals surface area contributed by atoms with Crippen LogP contribution in [0.5, 0.6) is 0 Å². The zero-order valence-corrected chi connectivity index (χ0v) is 6.16. The largest absolute Gasteiger partial charge is 0.364 e. The molecule has 5 heteroatoms. The van der Waals surface area contributed by atoms with Gasteiger partial charge in [-0.2, -0.15) is 0 Å². The standard InChI is InChI=1S/C5H8N4.ClH/c1-4-5(8-2-6-1)9-3-7-4;/h1,7-9H,2-3H2;1H. The average molecular weight is 161 g/mol. The van der Waals surface area contributed by atoms with Crippen molar-refractivity contribution < 1.29 is 0 Å². The smallest absolute Gasteiger partial charge is 0.127 e. The van der Waals surface area contributed by atoms with E-state index in [1.165, 1.54) is 0 Å². The van der Waals surface area contributed by atoms with Crippen molar-refractivity contribution in [2.45, 2.75) is 0 Å². The summed E-state index contributed by atoms with van der Waals surface area (Å²) in [7, 11) is 0. The Labute approximate surface area is 65.2 Å². The fraction of sp³-hybridized carbons (Fsp3) is 0.400. The molecule has 0 radical (unpaired) electrons. The number of hydrogen-bond acceptors (Lipinski definition) is 4. The molecule has 4 nitrogen and oxygen atoms in total. The van der Waals surface area contributed by atoms with E-state index in [1.807, 2.05) is 6.21 Å². The second kappa shape index (κ2) is 2.79. The zero-order valence-electron chi connectivity index (χ0n) is 5.35. The lowest BCUT2D eigenvalue weighted by molar-refractivity contribution is 0.725. The molecule has 2 rings (SSSR count). The SMILES string of the molecule is C1=NCNC2=C1NCN2.Cl. The van der Waals surface area contributed by atoms with Crippen LogP contribution in [0.1, 0.15) is 0 Å². The number of halogens is 1. The maximum absolute atomic E-state index is 4.02. The second-order valence-electron chi connectivity index (χ2n) is 1.97. The first-order chi connectivity index (χ1) is 4.47. The third-order valence-corrected chi connectivity index (χ3v) is 1.38. The van der Waals surface area contributed by atoms with Crippen LogP contribution >= 0.6 is 12.4 Å². The molecule has 0 aromatic rings. The van der Waals surface area contributed by atoms with Crippen LogP contribution in [-0.4, -0.2) is 19.6 Å². The van der Waals surface area contributed by atoms with Crippen LogP contribution in [0, 0.1) is 0 Å². The van der Waals surface area contributed by atoms with E-state index < -0.39 is 0 Å². The van der Waals surface area contributed by atoms with Crippen LogP contribution in [0.15, 0.2) is 16.5 Å². The Morgan fingerprint density at radius 3 is 3.00 bits per heavy atom. The van der Waals surface area contributed by atoms with Crippen LogP contribution in [0.4, 0.5) is 0 Å². The summed E-state index contributed by atoms with van der Waals surface area (Å²) in [6, 6.07) is 0. The lowest BCUT2D eigenvalue weighted by atomic mass is 10.4. The van der Waals surface area contributed by atoms with Gasteiger partial charge in [0.2, 0.25) is 0 Å². The van der Waals surface area contributed by atoms with Gasteiger partial charge in [-0.1, -0.05) is 0 Å². The molecular formula is C5H9ClN4. The van der Waals surface area contributed by atoms with Gasteiger partial charge < -0.3 is 16.0 Å². The normalized spacial score (nSPS) is 20.0. The fourth-order valence-electron chi connectivity index (χ4n) is 0.941. The summed E-state index contributed by atoms with van der Waals surface area (Å²) in [5.41, 5.74) is 1.07. The first kappa shape index (κ1) is 7.21. The van der Waals surface area contributed by atoms with E-state index >= 15 is 0 Å². The van der Waals surface area contributed by atoms with Gasteiger partial charge in [0.15, 0.2) is 0 Å². The number of rotatable bonds is 0. The minimum Gasteiger partial charge on any atom is -0.364 e. The molecule has 2 aliphatic heterocycles. The summed E-state index contributed by atoms with van der Waals surface area (Å²) in [5, 5.41) is 9.33. The molecule has 3 N–H and O–H groups in total. The third kappa shape index (κ3) is 1.02. The molecule has 0 fully saturated rings. The Morgan fingerprint density at radius 2 is 2.20 bits per heavy atom. The molecule has 0 unspecified atom stereocenters. The molecule has 0 atom stereocenters. The molecule has 0 amide bonds. The van der Waals surface area contributed by atoms with E-state index in [1.54, 1.807) is 0 Å². The van der Waals surface area contributed by atoms with E-state index in [9.17, 15) is 0 Å². The van der Waals surface area contributed by atoms with E-state index in [0.717, 1.165) is 18.2 Å². The minimum absolute atomic E-state index is 0. The monoisotopic (exact) mass is 160 g/mol. The van der Waals surface area contributed by atoms with Gasteiger partial charge >= 0.3 is 0 Å². The predicted octanol–water partition coefficient (Wildman–Crippen LogP) is -0.641. The van der Waals surface area contributed by atoms with Crippen LogP contribution in [-0.2, 0) is 0 Å². The Hall–Kier alpha value is -0.900. The van der Waals surface area contributed by atoms with Crippen molar-refractivity contribution in [2.24, 2.45) is 4.99 Å². The van der Waals surface area contributed by atoms with Crippen molar-refractivity contribution >= 4 is 18.6 Å². The molecule has 2 heterocycles. The summed E-state index contributed by atoms with van der Waals surface area (Å²) in [4.78, 5) is 4.02. The highest BCUT2D eigenvalue weighted by molar-refractivity contribution is 5.85. The van der Waals surface area contributed by atoms with Crippen LogP contribution < -0.4 is 16.0 Å². The van der Waals surface area contributed by atoms with Crippen LogP contribution in [0.25, 0.3) is 0 Å². The van der Waals surface area contributed by atoms with Gasteiger partial charge in [-0.15, -0.1) is 12.4 Å². The van der Waals surface area contributed by atoms with Gasteiger partial charge in [-0.05, 0) is 0 Å². The summed E-state index contributed by atoms with van der Waals surface area (Å²) >= 11 is 0. The zero-order chi connectivity index (χ0) is 6.10. The van der Waals surface area contributed by atoms with Crippen molar-refractivity contribution in [3.63, 3.8) is 0 Å². The summed E-state index contributed by atoms with van der Waals surface area (Å²) in [6.45, 7) is 1.50. The Balaban J connectivity index is 0.000000500. The lowest BCUT2D eigenvalue weighted by Gasteiger charge is -2.08.